The van der Waals surface area contributed by atoms with Gasteiger partial charge in [0.15, 0.2) is 9.04 Å². The van der Waals surface area contributed by atoms with Crippen LogP contribution in [0.2, 0.25) is 11.1 Å². The van der Waals surface area contributed by atoms with E-state index in [-0.39, 0.29) is 0 Å². The van der Waals surface area contributed by atoms with E-state index in [2.05, 4.69) is 65.0 Å². The molecule has 1 nitrogen and oxygen atoms in total. The van der Waals surface area contributed by atoms with Gasteiger partial charge in [0.1, 0.15) is 0 Å². The van der Waals surface area contributed by atoms with Gasteiger partial charge < -0.3 is 4.43 Å². The molecular formula is C17H30OSi. The fourth-order valence-electron chi connectivity index (χ4n) is 2.68. The van der Waals surface area contributed by atoms with Crippen LogP contribution in [0.3, 0.4) is 0 Å². The Balaban J connectivity index is 2.28. The van der Waals surface area contributed by atoms with Crippen LogP contribution in [0.15, 0.2) is 30.3 Å². The maximum absolute atomic E-state index is 6.21. The van der Waals surface area contributed by atoms with E-state index in [0.717, 1.165) is 17.7 Å². The van der Waals surface area contributed by atoms with Gasteiger partial charge in [-0.05, 0) is 35.4 Å². The second-order valence-corrected chi connectivity index (χ2v) is 10.3. The van der Waals surface area contributed by atoms with Crippen molar-refractivity contribution in [3.8, 4) is 0 Å². The summed E-state index contributed by atoms with van der Waals surface area (Å²) in [6, 6.07) is 10.8. The fourth-order valence-corrected chi connectivity index (χ4v) is 5.40. The van der Waals surface area contributed by atoms with Gasteiger partial charge in [0.05, 0.1) is 0 Å². The molecule has 1 unspecified atom stereocenters. The van der Waals surface area contributed by atoms with Gasteiger partial charge >= 0.3 is 0 Å². The average molecular weight is 279 g/mol. The Morgan fingerprint density at radius 2 is 1.53 bits per heavy atom. The number of benzene rings is 1. The molecule has 0 spiro atoms. The van der Waals surface area contributed by atoms with Crippen molar-refractivity contribution in [1.29, 1.82) is 0 Å². The third-order valence-corrected chi connectivity index (χ3v) is 6.91. The Morgan fingerprint density at radius 3 is 2.05 bits per heavy atom. The zero-order valence-electron chi connectivity index (χ0n) is 13.2. The van der Waals surface area contributed by atoms with Gasteiger partial charge in [-0.3, -0.25) is 0 Å². The minimum Gasteiger partial charge on any atom is -0.420 e. The molecule has 1 aromatic rings. The number of hydrogen-bond acceptors (Lipinski definition) is 1. The van der Waals surface area contributed by atoms with E-state index < -0.39 is 9.04 Å². The molecule has 0 aromatic heterocycles. The molecule has 0 heterocycles. The van der Waals surface area contributed by atoms with Crippen LogP contribution in [0.25, 0.3) is 0 Å². The molecule has 0 radical (unpaired) electrons. The van der Waals surface area contributed by atoms with Crippen LogP contribution in [-0.4, -0.2) is 15.6 Å². The fraction of sp³-hybridized carbons (Fsp3) is 0.647. The summed E-state index contributed by atoms with van der Waals surface area (Å²) in [5.74, 6) is 0.705. The lowest BCUT2D eigenvalue weighted by Crippen LogP contribution is -2.26. The van der Waals surface area contributed by atoms with Crippen molar-refractivity contribution in [3.63, 3.8) is 0 Å². The van der Waals surface area contributed by atoms with E-state index in [4.69, 9.17) is 4.43 Å². The second-order valence-electron chi connectivity index (χ2n) is 6.41. The molecule has 0 saturated heterocycles. The van der Waals surface area contributed by atoms with Gasteiger partial charge in [0.2, 0.25) is 0 Å². The van der Waals surface area contributed by atoms with Crippen molar-refractivity contribution in [2.45, 2.75) is 58.5 Å². The van der Waals surface area contributed by atoms with Crippen LogP contribution in [-0.2, 0) is 10.8 Å². The molecule has 19 heavy (non-hydrogen) atoms. The lowest BCUT2D eigenvalue weighted by molar-refractivity contribution is 0.275. The number of rotatable bonds is 8. The number of hydrogen-bond donors (Lipinski definition) is 0. The van der Waals surface area contributed by atoms with Crippen LogP contribution in [0.5, 0.6) is 0 Å². The predicted molar refractivity (Wildman–Crippen MR) is 87.2 cm³/mol. The smallest absolute Gasteiger partial charge is 0.181 e. The molecule has 1 rings (SSSR count). The first-order valence-electron chi connectivity index (χ1n) is 7.66. The molecule has 0 fully saturated rings. The van der Waals surface area contributed by atoms with Gasteiger partial charge in [-0.2, -0.15) is 0 Å². The third kappa shape index (κ3) is 6.39. The first-order valence-corrected chi connectivity index (χ1v) is 9.46. The van der Waals surface area contributed by atoms with Crippen molar-refractivity contribution >= 4 is 9.04 Å². The maximum atomic E-state index is 6.21. The van der Waals surface area contributed by atoms with Crippen molar-refractivity contribution < 1.29 is 4.43 Å². The molecule has 0 saturated carbocycles. The summed E-state index contributed by atoms with van der Waals surface area (Å²) in [5.41, 5.74) is 2.92. The molecule has 108 valence electrons. The molecule has 1 aromatic carbocycles. The average Bonchev–Trinajstić information content (AvgIpc) is 2.34. The lowest BCUT2D eigenvalue weighted by atomic mass is 9.99. The van der Waals surface area contributed by atoms with E-state index in [1.54, 1.807) is 0 Å². The van der Waals surface area contributed by atoms with Crippen LogP contribution >= 0.6 is 0 Å². The van der Waals surface area contributed by atoms with Gasteiger partial charge in [-0.15, -0.1) is 0 Å². The highest BCUT2D eigenvalue weighted by Gasteiger charge is 2.20. The normalized spacial score (nSPS) is 13.5. The van der Waals surface area contributed by atoms with Crippen molar-refractivity contribution in [3.05, 3.63) is 35.9 Å². The minimum atomic E-state index is -1.02. The van der Waals surface area contributed by atoms with Crippen LogP contribution in [0.1, 0.15) is 46.6 Å². The quantitative estimate of drug-likeness (QED) is 0.620. The molecule has 0 amide bonds. The molecule has 0 N–H and O–H groups in total. The minimum absolute atomic E-state index is 0.705. The Labute approximate surface area is 121 Å². The molecule has 0 bridgehead atoms. The van der Waals surface area contributed by atoms with Crippen molar-refractivity contribution in [1.82, 2.24) is 0 Å². The van der Waals surface area contributed by atoms with E-state index in [9.17, 15) is 0 Å². The van der Waals surface area contributed by atoms with E-state index in [0.29, 0.717) is 5.92 Å². The van der Waals surface area contributed by atoms with E-state index in [1.807, 2.05) is 0 Å². The second kappa shape index (κ2) is 8.54. The Bertz CT molecular complexity index is 326. The topological polar surface area (TPSA) is 9.23 Å². The maximum Gasteiger partial charge on any atom is 0.181 e. The Kier molecular flexibility index (Phi) is 7.40. The lowest BCUT2D eigenvalue weighted by Gasteiger charge is -2.24. The highest BCUT2D eigenvalue weighted by Crippen LogP contribution is 2.21. The van der Waals surface area contributed by atoms with Gasteiger partial charge in [-0.25, -0.2) is 0 Å². The molecule has 1 atom stereocenters. The van der Waals surface area contributed by atoms with Crippen molar-refractivity contribution in [2.24, 2.45) is 5.92 Å². The summed E-state index contributed by atoms with van der Waals surface area (Å²) in [6.07, 6.45) is 2.34. The largest absolute Gasteiger partial charge is 0.420 e. The molecular weight excluding hydrogens is 248 g/mol. The summed E-state index contributed by atoms with van der Waals surface area (Å²) in [6.45, 7) is 12.5. The zero-order valence-corrected chi connectivity index (χ0v) is 14.4. The zero-order chi connectivity index (χ0) is 14.3. The van der Waals surface area contributed by atoms with E-state index >= 15 is 0 Å². The summed E-state index contributed by atoms with van der Waals surface area (Å²) in [7, 11) is -1.02. The molecule has 0 aliphatic heterocycles. The Morgan fingerprint density at radius 1 is 0.947 bits per heavy atom. The van der Waals surface area contributed by atoms with Gasteiger partial charge in [0.25, 0.3) is 0 Å². The summed E-state index contributed by atoms with van der Waals surface area (Å²) in [5, 5.41) is 0. The van der Waals surface area contributed by atoms with Gasteiger partial charge in [0, 0.05) is 6.61 Å². The van der Waals surface area contributed by atoms with Crippen LogP contribution in [0.4, 0.5) is 0 Å². The Hall–Kier alpha value is -0.603. The monoisotopic (exact) mass is 278 g/mol. The SMILES string of the molecule is CC(CCO[SiH](C(C)C)C(C)C)Cc1ccccc1. The standard InChI is InChI=1S/C17H30OSi/c1-14(2)19(15(3)4)18-12-11-16(5)13-17-9-7-6-8-10-17/h6-10,14-16,19H,11-13H2,1-5H3. The van der Waals surface area contributed by atoms with Crippen LogP contribution < -0.4 is 0 Å². The predicted octanol–water partition coefficient (Wildman–Crippen LogP) is 4.82. The molecule has 0 aliphatic carbocycles. The highest BCUT2D eigenvalue weighted by atomic mass is 28.3. The first-order chi connectivity index (χ1) is 9.00. The first kappa shape index (κ1) is 16.5. The molecule has 2 heteroatoms. The highest BCUT2D eigenvalue weighted by molar-refractivity contribution is 6.54. The third-order valence-electron chi connectivity index (χ3n) is 3.66. The summed E-state index contributed by atoms with van der Waals surface area (Å²) < 4.78 is 6.21. The summed E-state index contributed by atoms with van der Waals surface area (Å²) in [4.78, 5) is 0. The van der Waals surface area contributed by atoms with Crippen LogP contribution in [0, 0.1) is 5.92 Å². The van der Waals surface area contributed by atoms with E-state index in [1.165, 1.54) is 18.4 Å². The van der Waals surface area contributed by atoms with Crippen molar-refractivity contribution in [2.75, 3.05) is 6.61 Å². The van der Waals surface area contributed by atoms with Gasteiger partial charge in [-0.1, -0.05) is 65.0 Å². The molecule has 0 aliphatic rings. The summed E-state index contributed by atoms with van der Waals surface area (Å²) >= 11 is 0.